The zero-order valence-corrected chi connectivity index (χ0v) is 11.6. The second kappa shape index (κ2) is 5.41. The molecule has 3 nitrogen and oxygen atoms in total. The van der Waals surface area contributed by atoms with Crippen LogP contribution in [0.4, 0.5) is 5.69 Å². The number of benzene rings is 2. The minimum atomic E-state index is -0.0978. The number of halogens is 1. The quantitative estimate of drug-likeness (QED) is 0.787. The van der Waals surface area contributed by atoms with E-state index >= 15 is 0 Å². The predicted molar refractivity (Wildman–Crippen MR) is 78.0 cm³/mol. The van der Waals surface area contributed by atoms with E-state index in [1.807, 2.05) is 32.0 Å². The van der Waals surface area contributed by atoms with Gasteiger partial charge >= 0.3 is 0 Å². The maximum absolute atomic E-state index is 9.81. The van der Waals surface area contributed by atoms with Gasteiger partial charge in [0.15, 0.2) is 0 Å². The molecular weight excluding hydrogens is 262 g/mol. The molecule has 0 bridgehead atoms. The Bertz CT molecular complexity index is 599. The van der Waals surface area contributed by atoms with Crippen molar-refractivity contribution in [2.24, 2.45) is 0 Å². The summed E-state index contributed by atoms with van der Waals surface area (Å²) in [6.45, 7) is 3.88. The summed E-state index contributed by atoms with van der Waals surface area (Å²) in [5.74, 6) is 0.116. The number of hydrogen-bond acceptors (Lipinski definition) is 3. The number of anilines is 1. The van der Waals surface area contributed by atoms with Crippen LogP contribution >= 0.6 is 11.6 Å². The molecule has 2 rings (SSSR count). The highest BCUT2D eigenvalue weighted by molar-refractivity contribution is 6.31. The first-order valence-electron chi connectivity index (χ1n) is 6.02. The Morgan fingerprint density at radius 1 is 1.11 bits per heavy atom. The van der Waals surface area contributed by atoms with E-state index in [1.54, 1.807) is 12.1 Å². The van der Waals surface area contributed by atoms with Gasteiger partial charge in [-0.05, 0) is 43.7 Å². The van der Waals surface area contributed by atoms with E-state index in [2.05, 4.69) is 5.32 Å². The second-order valence-electron chi connectivity index (χ2n) is 4.57. The van der Waals surface area contributed by atoms with Gasteiger partial charge in [-0.2, -0.15) is 0 Å². The average Bonchev–Trinajstić information content (AvgIpc) is 2.33. The van der Waals surface area contributed by atoms with Crippen molar-refractivity contribution >= 4 is 17.3 Å². The third-order valence-corrected chi connectivity index (χ3v) is 3.44. The lowest BCUT2D eigenvalue weighted by molar-refractivity contribution is 0.444. The van der Waals surface area contributed by atoms with Gasteiger partial charge in [-0.1, -0.05) is 17.7 Å². The fraction of sp³-hybridized carbons (Fsp3) is 0.200. The summed E-state index contributed by atoms with van der Waals surface area (Å²) in [5.41, 5.74) is 2.62. The van der Waals surface area contributed by atoms with Gasteiger partial charge in [0, 0.05) is 22.3 Å². The van der Waals surface area contributed by atoms with Crippen LogP contribution in [-0.4, -0.2) is 10.2 Å². The smallest absolute Gasteiger partial charge is 0.124 e. The molecule has 0 saturated carbocycles. The third-order valence-electron chi connectivity index (χ3n) is 3.04. The van der Waals surface area contributed by atoms with Gasteiger partial charge in [-0.3, -0.25) is 0 Å². The number of aryl methyl sites for hydroxylation is 1. The Morgan fingerprint density at radius 2 is 1.84 bits per heavy atom. The zero-order chi connectivity index (χ0) is 14.0. The van der Waals surface area contributed by atoms with Crippen LogP contribution in [0.5, 0.6) is 11.5 Å². The number of phenols is 2. The van der Waals surface area contributed by atoms with Gasteiger partial charge in [-0.15, -0.1) is 0 Å². The Morgan fingerprint density at radius 3 is 2.47 bits per heavy atom. The molecule has 0 spiro atoms. The Hall–Kier alpha value is -1.87. The number of aromatic hydroxyl groups is 2. The largest absolute Gasteiger partial charge is 0.508 e. The second-order valence-corrected chi connectivity index (χ2v) is 4.98. The molecule has 19 heavy (non-hydrogen) atoms. The van der Waals surface area contributed by atoms with Crippen molar-refractivity contribution in [2.75, 3.05) is 5.32 Å². The van der Waals surface area contributed by atoms with Gasteiger partial charge in [0.2, 0.25) is 0 Å². The lowest BCUT2D eigenvalue weighted by atomic mass is 10.1. The highest BCUT2D eigenvalue weighted by atomic mass is 35.5. The molecule has 0 heterocycles. The summed E-state index contributed by atoms with van der Waals surface area (Å²) in [5, 5.41) is 23.1. The first-order chi connectivity index (χ1) is 8.97. The van der Waals surface area contributed by atoms with E-state index in [1.165, 1.54) is 6.07 Å². The molecule has 0 aliphatic heterocycles. The number of nitrogens with one attached hydrogen (secondary N) is 1. The topological polar surface area (TPSA) is 52.5 Å². The van der Waals surface area contributed by atoms with E-state index in [4.69, 9.17) is 11.6 Å². The highest BCUT2D eigenvalue weighted by Crippen LogP contribution is 2.30. The first-order valence-corrected chi connectivity index (χ1v) is 6.39. The van der Waals surface area contributed by atoms with Crippen molar-refractivity contribution in [1.29, 1.82) is 0 Å². The van der Waals surface area contributed by atoms with Crippen LogP contribution in [0.1, 0.15) is 24.1 Å². The molecule has 1 atom stereocenters. The fourth-order valence-corrected chi connectivity index (χ4v) is 2.09. The maximum Gasteiger partial charge on any atom is 0.124 e. The van der Waals surface area contributed by atoms with Gasteiger partial charge in [0.25, 0.3) is 0 Å². The van der Waals surface area contributed by atoms with Gasteiger partial charge < -0.3 is 15.5 Å². The zero-order valence-electron chi connectivity index (χ0n) is 10.8. The summed E-state index contributed by atoms with van der Waals surface area (Å²) >= 11 is 6.07. The van der Waals surface area contributed by atoms with Crippen LogP contribution < -0.4 is 5.32 Å². The Balaban J connectivity index is 2.20. The minimum absolute atomic E-state index is 0.0480. The molecular formula is C15H16ClNO2. The van der Waals surface area contributed by atoms with Crippen LogP contribution in [-0.2, 0) is 0 Å². The van der Waals surface area contributed by atoms with Crippen molar-refractivity contribution < 1.29 is 10.2 Å². The number of phenolic OH excluding ortho intramolecular Hbond substituents is 2. The predicted octanol–water partition coefficient (Wildman–Crippen LogP) is 4.23. The molecule has 3 N–H and O–H groups in total. The van der Waals surface area contributed by atoms with Crippen molar-refractivity contribution in [3.63, 3.8) is 0 Å². The molecule has 0 aromatic heterocycles. The maximum atomic E-state index is 9.81. The average molecular weight is 278 g/mol. The summed E-state index contributed by atoms with van der Waals surface area (Å²) in [6.07, 6.45) is 0. The Labute approximate surface area is 117 Å². The summed E-state index contributed by atoms with van der Waals surface area (Å²) in [6, 6.07) is 10.2. The lowest BCUT2D eigenvalue weighted by Crippen LogP contribution is -2.06. The number of rotatable bonds is 3. The molecule has 2 aromatic carbocycles. The molecule has 4 heteroatoms. The van der Waals surface area contributed by atoms with E-state index in [0.717, 1.165) is 16.8 Å². The molecule has 0 radical (unpaired) electrons. The van der Waals surface area contributed by atoms with Crippen LogP contribution in [0.3, 0.4) is 0 Å². The first kappa shape index (κ1) is 13.6. The summed E-state index contributed by atoms with van der Waals surface area (Å²) in [4.78, 5) is 0. The standard InChI is InChI=1S/C15H16ClNO2/c1-9-3-4-11(7-14(9)16)17-10(2)13-6-5-12(18)8-15(13)19/h3-8,10,17-19H,1-2H3. The molecule has 0 aliphatic carbocycles. The lowest BCUT2D eigenvalue weighted by Gasteiger charge is -2.17. The third kappa shape index (κ3) is 3.12. The van der Waals surface area contributed by atoms with Crippen molar-refractivity contribution in [1.82, 2.24) is 0 Å². The SMILES string of the molecule is Cc1ccc(NC(C)c2ccc(O)cc2O)cc1Cl. The van der Waals surface area contributed by atoms with E-state index in [-0.39, 0.29) is 17.5 Å². The molecule has 100 valence electrons. The van der Waals surface area contributed by atoms with Crippen molar-refractivity contribution in [3.8, 4) is 11.5 Å². The molecule has 0 aliphatic rings. The molecule has 0 amide bonds. The molecule has 1 unspecified atom stereocenters. The number of hydrogen-bond donors (Lipinski definition) is 3. The van der Waals surface area contributed by atoms with Gasteiger partial charge in [-0.25, -0.2) is 0 Å². The van der Waals surface area contributed by atoms with Gasteiger partial charge in [0.05, 0.1) is 6.04 Å². The van der Waals surface area contributed by atoms with Crippen LogP contribution in [0.15, 0.2) is 36.4 Å². The molecule has 0 fully saturated rings. The van der Waals surface area contributed by atoms with Gasteiger partial charge in [0.1, 0.15) is 11.5 Å². The van der Waals surface area contributed by atoms with Crippen molar-refractivity contribution in [3.05, 3.63) is 52.5 Å². The Kier molecular flexibility index (Phi) is 3.86. The van der Waals surface area contributed by atoms with Crippen LogP contribution in [0.25, 0.3) is 0 Å². The summed E-state index contributed by atoms with van der Waals surface area (Å²) in [7, 11) is 0. The fourth-order valence-electron chi connectivity index (χ4n) is 1.91. The molecule has 0 saturated heterocycles. The van der Waals surface area contributed by atoms with Crippen LogP contribution in [0, 0.1) is 6.92 Å². The summed E-state index contributed by atoms with van der Waals surface area (Å²) < 4.78 is 0. The highest BCUT2D eigenvalue weighted by Gasteiger charge is 2.11. The van der Waals surface area contributed by atoms with Crippen LogP contribution in [0.2, 0.25) is 5.02 Å². The van der Waals surface area contributed by atoms with Crippen molar-refractivity contribution in [2.45, 2.75) is 19.9 Å². The molecule has 2 aromatic rings. The van der Waals surface area contributed by atoms with E-state index < -0.39 is 0 Å². The minimum Gasteiger partial charge on any atom is -0.508 e. The van der Waals surface area contributed by atoms with E-state index in [9.17, 15) is 10.2 Å². The van der Waals surface area contributed by atoms with E-state index in [0.29, 0.717) is 5.02 Å². The monoisotopic (exact) mass is 277 g/mol. The normalized spacial score (nSPS) is 12.2.